The third-order valence-corrected chi connectivity index (χ3v) is 4.08. The first-order valence-corrected chi connectivity index (χ1v) is 8.13. The highest BCUT2D eigenvalue weighted by molar-refractivity contribution is 5.84. The Hall–Kier alpha value is -2.54. The van der Waals surface area contributed by atoms with Crippen LogP contribution in [-0.2, 0) is 6.42 Å². The van der Waals surface area contributed by atoms with E-state index in [4.69, 9.17) is 4.74 Å². The summed E-state index contributed by atoms with van der Waals surface area (Å²) >= 11 is 0. The van der Waals surface area contributed by atoms with Crippen LogP contribution in [0.25, 0.3) is 16.8 Å². The number of aryl methyl sites for hydroxylation is 1. The predicted octanol–water partition coefficient (Wildman–Crippen LogP) is 5.88. The average Bonchev–Trinajstić information content (AvgIpc) is 2.62. The minimum absolute atomic E-state index is 0.921. The largest absolute Gasteiger partial charge is 0.497 e. The van der Waals surface area contributed by atoms with Gasteiger partial charge >= 0.3 is 0 Å². The van der Waals surface area contributed by atoms with Gasteiger partial charge in [0.15, 0.2) is 0 Å². The van der Waals surface area contributed by atoms with E-state index in [1.54, 1.807) is 7.11 Å². The summed E-state index contributed by atoms with van der Waals surface area (Å²) in [5.74, 6) is 0.921. The highest BCUT2D eigenvalue weighted by Crippen LogP contribution is 2.17. The lowest BCUT2D eigenvalue weighted by Crippen LogP contribution is -1.86. The van der Waals surface area contributed by atoms with E-state index in [-0.39, 0.29) is 0 Å². The summed E-state index contributed by atoms with van der Waals surface area (Å²) in [6, 6.07) is 23.4. The second-order valence-corrected chi connectivity index (χ2v) is 5.75. The molecule has 1 heteroatoms. The standard InChI is InChI=1S/C22H22O/c1-23-22-15-12-18(13-16-22)7-3-2-4-8-19-11-14-20-9-5-6-10-21(20)17-19/h4-6,8-17H,2-3,7H2,1H3/b8-4+. The first kappa shape index (κ1) is 15.4. The molecule has 0 spiro atoms. The number of hydrogen-bond donors (Lipinski definition) is 0. The number of ether oxygens (including phenoxy) is 1. The topological polar surface area (TPSA) is 9.23 Å². The molecule has 0 aliphatic carbocycles. The van der Waals surface area contributed by atoms with E-state index in [0.29, 0.717) is 0 Å². The summed E-state index contributed by atoms with van der Waals surface area (Å²) in [5.41, 5.74) is 2.64. The summed E-state index contributed by atoms with van der Waals surface area (Å²) in [6.07, 6.45) is 7.86. The Balaban J connectivity index is 1.51. The van der Waals surface area contributed by atoms with Crippen LogP contribution in [-0.4, -0.2) is 7.11 Å². The van der Waals surface area contributed by atoms with Crippen LogP contribution in [0.4, 0.5) is 0 Å². The number of fused-ring (bicyclic) bond motifs is 1. The Morgan fingerprint density at radius 1 is 0.870 bits per heavy atom. The van der Waals surface area contributed by atoms with Crippen LogP contribution >= 0.6 is 0 Å². The molecular formula is C22H22O. The lowest BCUT2D eigenvalue weighted by atomic mass is 10.1. The molecule has 0 aliphatic rings. The first-order chi connectivity index (χ1) is 11.3. The fraction of sp³-hybridized carbons (Fsp3) is 0.182. The summed E-state index contributed by atoms with van der Waals surface area (Å²) in [4.78, 5) is 0. The van der Waals surface area contributed by atoms with Crippen LogP contribution in [0.5, 0.6) is 5.75 Å². The number of unbranched alkanes of at least 4 members (excludes halogenated alkanes) is 1. The predicted molar refractivity (Wildman–Crippen MR) is 98.9 cm³/mol. The summed E-state index contributed by atoms with van der Waals surface area (Å²) in [5, 5.41) is 2.59. The SMILES string of the molecule is COc1ccc(CCC/C=C/c2ccc3ccccc3c2)cc1. The van der Waals surface area contributed by atoms with Crippen LogP contribution in [0.1, 0.15) is 24.0 Å². The maximum Gasteiger partial charge on any atom is 0.118 e. The molecular weight excluding hydrogens is 280 g/mol. The number of rotatable bonds is 6. The van der Waals surface area contributed by atoms with Gasteiger partial charge in [-0.05, 0) is 59.4 Å². The maximum absolute atomic E-state index is 5.18. The maximum atomic E-state index is 5.18. The Morgan fingerprint density at radius 2 is 1.65 bits per heavy atom. The molecule has 0 fully saturated rings. The third-order valence-electron chi connectivity index (χ3n) is 4.08. The number of methoxy groups -OCH3 is 1. The highest BCUT2D eigenvalue weighted by Gasteiger charge is 1.95. The lowest BCUT2D eigenvalue weighted by Gasteiger charge is -2.02. The van der Waals surface area contributed by atoms with Gasteiger partial charge in [-0.25, -0.2) is 0 Å². The van der Waals surface area contributed by atoms with E-state index in [2.05, 4.69) is 66.7 Å². The molecule has 0 heterocycles. The van der Waals surface area contributed by atoms with Gasteiger partial charge in [0.25, 0.3) is 0 Å². The molecule has 116 valence electrons. The second kappa shape index (κ2) is 7.64. The van der Waals surface area contributed by atoms with E-state index in [9.17, 15) is 0 Å². The molecule has 0 aliphatic heterocycles. The molecule has 0 saturated carbocycles. The van der Waals surface area contributed by atoms with Crippen molar-refractivity contribution in [2.45, 2.75) is 19.3 Å². The van der Waals surface area contributed by atoms with Crippen molar-refractivity contribution in [3.05, 3.63) is 83.9 Å². The average molecular weight is 302 g/mol. The van der Waals surface area contributed by atoms with Crippen molar-refractivity contribution >= 4 is 16.8 Å². The zero-order chi connectivity index (χ0) is 15.9. The van der Waals surface area contributed by atoms with Gasteiger partial charge in [0.05, 0.1) is 7.11 Å². The fourth-order valence-corrected chi connectivity index (χ4v) is 2.75. The molecule has 0 unspecified atom stereocenters. The minimum atomic E-state index is 0.921. The van der Waals surface area contributed by atoms with Crippen LogP contribution < -0.4 is 4.74 Å². The number of benzene rings is 3. The van der Waals surface area contributed by atoms with Crippen molar-refractivity contribution in [2.24, 2.45) is 0 Å². The van der Waals surface area contributed by atoms with Gasteiger partial charge in [0.1, 0.15) is 5.75 Å². The fourth-order valence-electron chi connectivity index (χ4n) is 2.75. The lowest BCUT2D eigenvalue weighted by molar-refractivity contribution is 0.414. The highest BCUT2D eigenvalue weighted by atomic mass is 16.5. The van der Waals surface area contributed by atoms with Crippen molar-refractivity contribution in [3.8, 4) is 5.75 Å². The zero-order valence-corrected chi connectivity index (χ0v) is 13.5. The van der Waals surface area contributed by atoms with Crippen LogP contribution in [0, 0.1) is 0 Å². The van der Waals surface area contributed by atoms with Crippen molar-refractivity contribution < 1.29 is 4.74 Å². The van der Waals surface area contributed by atoms with Gasteiger partial charge in [0.2, 0.25) is 0 Å². The third kappa shape index (κ3) is 4.23. The van der Waals surface area contributed by atoms with E-state index in [1.165, 1.54) is 21.9 Å². The molecule has 0 saturated heterocycles. The van der Waals surface area contributed by atoms with Gasteiger partial charge in [0, 0.05) is 0 Å². The Bertz CT molecular complexity index is 784. The Labute approximate surface area is 138 Å². The van der Waals surface area contributed by atoms with Gasteiger partial charge in [-0.1, -0.05) is 60.7 Å². The van der Waals surface area contributed by atoms with Crippen molar-refractivity contribution in [2.75, 3.05) is 7.11 Å². The summed E-state index contributed by atoms with van der Waals surface area (Å²) < 4.78 is 5.18. The molecule has 1 nitrogen and oxygen atoms in total. The van der Waals surface area contributed by atoms with E-state index < -0.39 is 0 Å². The van der Waals surface area contributed by atoms with E-state index in [0.717, 1.165) is 25.0 Å². The molecule has 0 atom stereocenters. The van der Waals surface area contributed by atoms with Gasteiger partial charge < -0.3 is 4.74 Å². The monoisotopic (exact) mass is 302 g/mol. The molecule has 0 amide bonds. The molecule has 3 aromatic carbocycles. The van der Waals surface area contributed by atoms with Gasteiger partial charge in [-0.15, -0.1) is 0 Å². The minimum Gasteiger partial charge on any atom is -0.497 e. The van der Waals surface area contributed by atoms with Crippen LogP contribution in [0.3, 0.4) is 0 Å². The zero-order valence-electron chi connectivity index (χ0n) is 13.5. The van der Waals surface area contributed by atoms with Crippen LogP contribution in [0.15, 0.2) is 72.8 Å². The van der Waals surface area contributed by atoms with E-state index in [1.807, 2.05) is 12.1 Å². The molecule has 0 radical (unpaired) electrons. The van der Waals surface area contributed by atoms with Crippen molar-refractivity contribution in [1.29, 1.82) is 0 Å². The Morgan fingerprint density at radius 3 is 2.43 bits per heavy atom. The molecule has 0 bridgehead atoms. The van der Waals surface area contributed by atoms with Crippen molar-refractivity contribution in [1.82, 2.24) is 0 Å². The van der Waals surface area contributed by atoms with Gasteiger partial charge in [-0.2, -0.15) is 0 Å². The smallest absolute Gasteiger partial charge is 0.118 e. The molecule has 23 heavy (non-hydrogen) atoms. The van der Waals surface area contributed by atoms with E-state index >= 15 is 0 Å². The summed E-state index contributed by atoms with van der Waals surface area (Å²) in [6.45, 7) is 0. The quantitative estimate of drug-likeness (QED) is 0.516. The Kier molecular flexibility index (Phi) is 5.10. The van der Waals surface area contributed by atoms with Crippen LogP contribution in [0.2, 0.25) is 0 Å². The number of hydrogen-bond acceptors (Lipinski definition) is 1. The molecule has 3 rings (SSSR count). The first-order valence-electron chi connectivity index (χ1n) is 8.13. The number of allylic oxidation sites excluding steroid dienone is 1. The normalized spacial score (nSPS) is 11.2. The molecule has 0 N–H and O–H groups in total. The molecule has 3 aromatic rings. The summed E-state index contributed by atoms with van der Waals surface area (Å²) in [7, 11) is 1.70. The second-order valence-electron chi connectivity index (χ2n) is 5.75. The van der Waals surface area contributed by atoms with Crippen molar-refractivity contribution in [3.63, 3.8) is 0 Å². The van der Waals surface area contributed by atoms with Gasteiger partial charge in [-0.3, -0.25) is 0 Å². The molecule has 0 aromatic heterocycles.